The number of oxime groups is 1. The number of carbonyl (C=O) groups excluding carboxylic acids is 3. The zero-order chi connectivity index (χ0) is 32.2. The summed E-state index contributed by atoms with van der Waals surface area (Å²) in [4.78, 5) is 52.8. The third-order valence-electron chi connectivity index (χ3n) is 5.78. The lowest BCUT2D eigenvalue weighted by atomic mass is 10.0. The Labute approximate surface area is 243 Å². The van der Waals surface area contributed by atoms with Crippen molar-refractivity contribution in [3.63, 3.8) is 0 Å². The maximum atomic E-state index is 12.8. The van der Waals surface area contributed by atoms with Gasteiger partial charge in [0.1, 0.15) is 24.6 Å². The molecule has 1 aliphatic rings. The Balaban J connectivity index is 0.000000821. The van der Waals surface area contributed by atoms with Gasteiger partial charge in [0, 0.05) is 19.0 Å². The van der Waals surface area contributed by atoms with Gasteiger partial charge in [-0.05, 0) is 11.1 Å². The third kappa shape index (κ3) is 11.3. The van der Waals surface area contributed by atoms with Gasteiger partial charge < -0.3 is 35.4 Å². The summed E-state index contributed by atoms with van der Waals surface area (Å²) in [5, 5.41) is 21.1. The van der Waals surface area contributed by atoms with Crippen molar-refractivity contribution < 1.29 is 51.8 Å². The van der Waals surface area contributed by atoms with E-state index in [1.807, 2.05) is 18.2 Å². The average molecular weight is 610 g/mol. The van der Waals surface area contributed by atoms with Crippen LogP contribution in [0.4, 0.5) is 18.0 Å². The Morgan fingerprint density at radius 2 is 1.77 bits per heavy atom. The number of carboxylic acid groups (broad SMARTS) is 1. The second-order valence-electron chi connectivity index (χ2n) is 9.02. The highest BCUT2D eigenvalue weighted by Gasteiger charge is 2.38. The molecule has 5 N–H and O–H groups in total. The van der Waals surface area contributed by atoms with Crippen molar-refractivity contribution in [3.05, 3.63) is 71.3 Å². The Bertz CT molecular complexity index is 1320. The number of amidine groups is 1. The average Bonchev–Trinajstić information content (AvgIpc) is 3.44. The molecule has 0 bridgehead atoms. The number of nitrogens with zero attached hydrogens (tertiary/aromatic N) is 2. The zero-order valence-electron chi connectivity index (χ0n) is 23.1. The van der Waals surface area contributed by atoms with E-state index in [-0.39, 0.29) is 31.3 Å². The molecule has 2 amide bonds. The zero-order valence-corrected chi connectivity index (χ0v) is 23.1. The number of amides is 2. The van der Waals surface area contributed by atoms with Crippen molar-refractivity contribution in [1.82, 2.24) is 10.2 Å². The van der Waals surface area contributed by atoms with Gasteiger partial charge in [-0.3, -0.25) is 10.2 Å². The van der Waals surface area contributed by atoms with Gasteiger partial charge in [0.25, 0.3) is 0 Å². The molecular formula is C27H30F3N5O8. The molecule has 16 heteroatoms. The van der Waals surface area contributed by atoms with Gasteiger partial charge in [0.15, 0.2) is 0 Å². The molecule has 43 heavy (non-hydrogen) atoms. The van der Waals surface area contributed by atoms with Crippen molar-refractivity contribution in [3.8, 4) is 0 Å². The lowest BCUT2D eigenvalue weighted by molar-refractivity contribution is -0.192. The van der Waals surface area contributed by atoms with Gasteiger partial charge in [-0.25, -0.2) is 14.4 Å². The number of ether oxygens (including phenoxy) is 2. The lowest BCUT2D eigenvalue weighted by Crippen LogP contribution is -2.49. The monoisotopic (exact) mass is 609 g/mol. The quantitative estimate of drug-likeness (QED) is 0.178. The highest BCUT2D eigenvalue weighted by Crippen LogP contribution is 2.20. The van der Waals surface area contributed by atoms with Gasteiger partial charge in [0.05, 0.1) is 25.8 Å². The number of esters is 1. The predicted octanol–water partition coefficient (Wildman–Crippen LogP) is 2.41. The van der Waals surface area contributed by atoms with Crippen LogP contribution in [0.5, 0.6) is 0 Å². The number of hydrogen-bond donors (Lipinski definition) is 4. The second kappa shape index (κ2) is 15.7. The summed E-state index contributed by atoms with van der Waals surface area (Å²) in [7, 11) is 2.72. The van der Waals surface area contributed by atoms with Crippen LogP contribution in [0.3, 0.4) is 0 Å². The summed E-state index contributed by atoms with van der Waals surface area (Å²) in [5.74, 6) is -3.78. The van der Waals surface area contributed by atoms with Gasteiger partial charge in [0.2, 0.25) is 5.91 Å². The number of likely N-dealkylation sites (N-methyl/N-ethyl adjacent to an activating group) is 1. The number of nitrogens with one attached hydrogen (secondary N) is 2. The van der Waals surface area contributed by atoms with Crippen LogP contribution in [0, 0.1) is 5.41 Å². The molecular weight excluding hydrogens is 579 g/mol. The molecule has 0 radical (unpaired) electrons. The van der Waals surface area contributed by atoms with Crippen LogP contribution in [0.15, 0.2) is 59.8 Å². The number of alkyl halides is 3. The Morgan fingerprint density at radius 3 is 2.30 bits per heavy atom. The van der Waals surface area contributed by atoms with Gasteiger partial charge in [-0.15, -0.1) is 0 Å². The number of rotatable bonds is 10. The van der Waals surface area contributed by atoms with Crippen molar-refractivity contribution in [2.24, 2.45) is 10.9 Å². The molecule has 0 aliphatic carbocycles. The molecule has 1 heterocycles. The molecule has 2 atom stereocenters. The molecule has 3 rings (SSSR count). The van der Waals surface area contributed by atoms with E-state index in [4.69, 9.17) is 35.4 Å². The molecule has 0 spiro atoms. The molecule has 1 aliphatic heterocycles. The van der Waals surface area contributed by atoms with E-state index < -0.39 is 36.4 Å². The largest absolute Gasteiger partial charge is 0.490 e. The first-order chi connectivity index (χ1) is 20.2. The van der Waals surface area contributed by atoms with Crippen LogP contribution >= 0.6 is 0 Å². The lowest BCUT2D eigenvalue weighted by Gasteiger charge is -2.24. The van der Waals surface area contributed by atoms with Crippen molar-refractivity contribution >= 4 is 35.5 Å². The first-order valence-electron chi connectivity index (χ1n) is 12.5. The highest BCUT2D eigenvalue weighted by molar-refractivity contribution is 6.03. The molecule has 1 unspecified atom stereocenters. The van der Waals surface area contributed by atoms with Crippen LogP contribution in [0.2, 0.25) is 0 Å². The number of carboxylic acids is 1. The number of nitrogen functional groups attached to an aromatic ring is 1. The summed E-state index contributed by atoms with van der Waals surface area (Å²) in [6.45, 7) is -0.0763. The predicted molar refractivity (Wildman–Crippen MR) is 145 cm³/mol. The minimum atomic E-state index is -5.08. The van der Waals surface area contributed by atoms with Crippen molar-refractivity contribution in [2.45, 2.75) is 37.8 Å². The van der Waals surface area contributed by atoms with Crippen LogP contribution in [0.25, 0.3) is 0 Å². The van der Waals surface area contributed by atoms with Crippen LogP contribution in [0.1, 0.15) is 29.5 Å². The fraction of sp³-hybridized carbons (Fsp3) is 0.333. The number of halogens is 3. The number of aliphatic carboxylic acids is 1. The van der Waals surface area contributed by atoms with E-state index in [0.29, 0.717) is 17.7 Å². The normalized spacial score (nSPS) is 14.5. The number of carbonyl (C=O) groups is 4. The Morgan fingerprint density at radius 1 is 1.16 bits per heavy atom. The van der Waals surface area contributed by atoms with E-state index >= 15 is 0 Å². The molecule has 0 fully saturated rings. The van der Waals surface area contributed by atoms with Crippen LogP contribution in [-0.4, -0.2) is 84.5 Å². The number of nitrogens with two attached hydrogens (primary N) is 1. The van der Waals surface area contributed by atoms with Gasteiger partial charge in [-0.1, -0.05) is 59.8 Å². The number of hydrogen-bond acceptors (Lipinski definition) is 9. The molecule has 0 aromatic heterocycles. The Hall–Kier alpha value is -5.15. The van der Waals surface area contributed by atoms with Crippen molar-refractivity contribution in [2.75, 3.05) is 20.7 Å². The summed E-state index contributed by atoms with van der Waals surface area (Å²) in [6.07, 6.45) is -5.91. The maximum Gasteiger partial charge on any atom is 0.490 e. The smallest absolute Gasteiger partial charge is 0.475 e. The topological polar surface area (TPSA) is 194 Å². The molecule has 2 aromatic carbocycles. The first-order valence-corrected chi connectivity index (χ1v) is 12.5. The maximum absolute atomic E-state index is 12.8. The summed E-state index contributed by atoms with van der Waals surface area (Å²) < 4.78 is 41.7. The summed E-state index contributed by atoms with van der Waals surface area (Å²) >= 11 is 0. The molecule has 0 saturated carbocycles. The minimum Gasteiger partial charge on any atom is -0.475 e. The van der Waals surface area contributed by atoms with Crippen LogP contribution < -0.4 is 11.1 Å². The minimum absolute atomic E-state index is 0.0260. The molecule has 13 nitrogen and oxygen atoms in total. The summed E-state index contributed by atoms with van der Waals surface area (Å²) in [6, 6.07) is 15.0. The third-order valence-corrected chi connectivity index (χ3v) is 5.78. The number of benzene rings is 2. The SMILES string of the molecule is COC(=O)[C@H](CN(C)C(=O)CC1CC(c2ccc(C(=N)N)cc2)=NO1)NC(=O)OCc1ccccc1.O=C(O)C(F)(F)F. The standard InChI is InChI=1S/C25H29N5O6.C2HF3O2/c1-30(14-21(24(32)34-2)28-25(33)35-15-16-6-4-3-5-7-16)22(31)13-19-12-20(29-36-19)17-8-10-18(11-9-17)23(26)27;3-2(4,5)1(6)7/h3-11,19,21H,12-15H2,1-2H3,(H3,26,27)(H,28,33);(H,6,7)/t19?,21-;/m0./s1. The van der Waals surface area contributed by atoms with Crippen molar-refractivity contribution in [1.29, 1.82) is 5.41 Å². The molecule has 0 saturated heterocycles. The number of methoxy groups -OCH3 is 1. The first kappa shape index (κ1) is 34.1. The van der Waals surface area contributed by atoms with E-state index in [9.17, 15) is 27.6 Å². The molecule has 2 aromatic rings. The van der Waals surface area contributed by atoms with E-state index in [2.05, 4.69) is 10.5 Å². The molecule has 232 valence electrons. The number of alkyl carbamates (subject to hydrolysis) is 1. The second-order valence-corrected chi connectivity index (χ2v) is 9.02. The fourth-order valence-electron chi connectivity index (χ4n) is 3.51. The Kier molecular flexibility index (Phi) is 12.5. The van der Waals surface area contributed by atoms with E-state index in [0.717, 1.165) is 11.1 Å². The summed E-state index contributed by atoms with van der Waals surface area (Å²) in [5.41, 5.74) is 8.37. The van der Waals surface area contributed by atoms with Crippen LogP contribution in [-0.2, 0) is 35.3 Å². The fourth-order valence-corrected chi connectivity index (χ4v) is 3.51. The van der Waals surface area contributed by atoms with E-state index in [1.165, 1.54) is 19.1 Å². The van der Waals surface area contributed by atoms with Gasteiger partial charge in [-0.2, -0.15) is 13.2 Å². The highest BCUT2D eigenvalue weighted by atomic mass is 19.4. The van der Waals surface area contributed by atoms with E-state index in [1.54, 1.807) is 36.4 Å². The van der Waals surface area contributed by atoms with Gasteiger partial charge >= 0.3 is 24.2 Å².